The van der Waals surface area contributed by atoms with Gasteiger partial charge in [-0.1, -0.05) is 91.8 Å². The first-order valence-electron chi connectivity index (χ1n) is 8.78. The first kappa shape index (κ1) is 18.6. The van der Waals surface area contributed by atoms with E-state index in [1.54, 1.807) is 0 Å². The van der Waals surface area contributed by atoms with Crippen LogP contribution in [-0.2, 0) is 16.2 Å². The summed E-state index contributed by atoms with van der Waals surface area (Å²) in [5.41, 5.74) is 4.83. The second-order valence-electron chi connectivity index (χ2n) is 9.44. The number of phenolic OH excluding ortho intramolecular Hbond substituents is 1. The molecule has 0 heterocycles. The Morgan fingerprint density at radius 2 is 1.17 bits per heavy atom. The van der Waals surface area contributed by atoms with Crippen molar-refractivity contribution < 1.29 is 5.11 Å². The summed E-state index contributed by atoms with van der Waals surface area (Å²) in [7, 11) is 0. The lowest BCUT2D eigenvalue weighted by Crippen LogP contribution is -2.22. The van der Waals surface area contributed by atoms with E-state index in [2.05, 4.69) is 85.7 Å². The first-order chi connectivity index (χ1) is 10.8. The summed E-state index contributed by atoms with van der Waals surface area (Å²) < 4.78 is 0. The van der Waals surface area contributed by atoms with Crippen molar-refractivity contribution >= 4 is 0 Å². The maximum atomic E-state index is 10.3. The van der Waals surface area contributed by atoms with Gasteiger partial charge in [0.2, 0.25) is 0 Å². The highest BCUT2D eigenvalue weighted by atomic mass is 16.3. The molecule has 1 N–H and O–H groups in total. The molecular formula is C23H32O. The van der Waals surface area contributed by atoms with E-state index in [0.29, 0.717) is 5.75 Å². The summed E-state index contributed by atoms with van der Waals surface area (Å²) in [5, 5.41) is 10.3. The van der Waals surface area contributed by atoms with Crippen molar-refractivity contribution in [3.8, 4) is 5.75 Å². The summed E-state index contributed by atoms with van der Waals surface area (Å²) in [6.07, 6.45) is 0. The predicted molar refractivity (Wildman–Crippen MR) is 104 cm³/mol. The SMILES string of the molecule is CC(C)(C)c1cccc(C(C)(C)c2ccc(O)c(C(C)(C)C)c2)c1. The molecule has 0 fully saturated rings. The molecule has 1 nitrogen and oxygen atoms in total. The molecule has 0 aliphatic carbocycles. The fraction of sp³-hybridized carbons (Fsp3) is 0.478. The maximum Gasteiger partial charge on any atom is 0.119 e. The molecule has 0 unspecified atom stereocenters. The largest absolute Gasteiger partial charge is 0.508 e. The van der Waals surface area contributed by atoms with Gasteiger partial charge in [0.15, 0.2) is 0 Å². The van der Waals surface area contributed by atoms with Gasteiger partial charge in [-0.2, -0.15) is 0 Å². The van der Waals surface area contributed by atoms with Gasteiger partial charge < -0.3 is 5.11 Å². The molecule has 0 aromatic heterocycles. The minimum absolute atomic E-state index is 0.0799. The Labute approximate surface area is 147 Å². The molecule has 24 heavy (non-hydrogen) atoms. The van der Waals surface area contributed by atoms with Gasteiger partial charge in [-0.3, -0.25) is 0 Å². The van der Waals surface area contributed by atoms with E-state index in [1.165, 1.54) is 16.7 Å². The van der Waals surface area contributed by atoms with Crippen molar-refractivity contribution in [3.63, 3.8) is 0 Å². The average Bonchev–Trinajstić information content (AvgIpc) is 2.45. The van der Waals surface area contributed by atoms with Crippen LogP contribution in [0.3, 0.4) is 0 Å². The van der Waals surface area contributed by atoms with Crippen molar-refractivity contribution in [2.24, 2.45) is 0 Å². The molecular weight excluding hydrogens is 292 g/mol. The van der Waals surface area contributed by atoms with Gasteiger partial charge in [-0.15, -0.1) is 0 Å². The van der Waals surface area contributed by atoms with E-state index in [0.717, 1.165) is 5.56 Å². The molecule has 0 atom stereocenters. The van der Waals surface area contributed by atoms with Crippen LogP contribution in [0.2, 0.25) is 0 Å². The highest BCUT2D eigenvalue weighted by molar-refractivity contribution is 5.47. The van der Waals surface area contributed by atoms with Crippen molar-refractivity contribution in [1.82, 2.24) is 0 Å². The van der Waals surface area contributed by atoms with Crippen LogP contribution in [0.25, 0.3) is 0 Å². The second kappa shape index (κ2) is 5.95. The lowest BCUT2D eigenvalue weighted by Gasteiger charge is -2.30. The number of hydrogen-bond donors (Lipinski definition) is 1. The molecule has 0 spiro atoms. The van der Waals surface area contributed by atoms with E-state index in [-0.39, 0.29) is 16.2 Å². The molecule has 2 rings (SSSR count). The molecule has 2 aromatic rings. The number of benzene rings is 2. The van der Waals surface area contributed by atoms with E-state index in [1.807, 2.05) is 12.1 Å². The van der Waals surface area contributed by atoms with Gasteiger partial charge in [0.05, 0.1) is 0 Å². The molecule has 0 radical (unpaired) electrons. The van der Waals surface area contributed by atoms with E-state index < -0.39 is 0 Å². The predicted octanol–water partition coefficient (Wildman–Crippen LogP) is 6.31. The fourth-order valence-electron chi connectivity index (χ4n) is 3.07. The Morgan fingerprint density at radius 3 is 1.71 bits per heavy atom. The summed E-state index contributed by atoms with van der Waals surface area (Å²) in [4.78, 5) is 0. The van der Waals surface area contributed by atoms with Crippen LogP contribution < -0.4 is 0 Å². The van der Waals surface area contributed by atoms with Crippen LogP contribution in [0, 0.1) is 0 Å². The highest BCUT2D eigenvalue weighted by Crippen LogP contribution is 2.38. The quantitative estimate of drug-likeness (QED) is 0.686. The number of hydrogen-bond acceptors (Lipinski definition) is 1. The molecule has 0 aliphatic heterocycles. The van der Waals surface area contributed by atoms with E-state index in [4.69, 9.17) is 0 Å². The molecule has 0 aliphatic rings. The van der Waals surface area contributed by atoms with Crippen LogP contribution >= 0.6 is 0 Å². The topological polar surface area (TPSA) is 20.2 Å². The maximum absolute atomic E-state index is 10.3. The molecule has 1 heteroatoms. The molecule has 0 bridgehead atoms. The zero-order chi connectivity index (χ0) is 18.3. The minimum Gasteiger partial charge on any atom is -0.508 e. The second-order valence-corrected chi connectivity index (χ2v) is 9.44. The van der Waals surface area contributed by atoms with Crippen LogP contribution in [0.15, 0.2) is 42.5 Å². The summed E-state index contributed by atoms with van der Waals surface area (Å²) in [6.45, 7) is 17.7. The number of phenols is 1. The molecule has 0 saturated carbocycles. The molecule has 0 amide bonds. The lowest BCUT2D eigenvalue weighted by atomic mass is 9.74. The summed E-state index contributed by atoms with van der Waals surface area (Å²) in [5.74, 6) is 0.380. The summed E-state index contributed by atoms with van der Waals surface area (Å²) >= 11 is 0. The third-order valence-electron chi connectivity index (χ3n) is 4.98. The Balaban J connectivity index is 2.56. The zero-order valence-electron chi connectivity index (χ0n) is 16.5. The Hall–Kier alpha value is -1.76. The van der Waals surface area contributed by atoms with Gasteiger partial charge in [0, 0.05) is 5.41 Å². The highest BCUT2D eigenvalue weighted by Gasteiger charge is 2.27. The van der Waals surface area contributed by atoms with Crippen LogP contribution in [0.1, 0.15) is 77.6 Å². The van der Waals surface area contributed by atoms with E-state index in [9.17, 15) is 5.11 Å². The smallest absolute Gasteiger partial charge is 0.119 e. The molecule has 130 valence electrons. The normalized spacial score (nSPS) is 13.2. The molecule has 2 aromatic carbocycles. The third-order valence-corrected chi connectivity index (χ3v) is 4.98. The fourth-order valence-corrected chi connectivity index (χ4v) is 3.07. The minimum atomic E-state index is -0.116. The van der Waals surface area contributed by atoms with E-state index >= 15 is 0 Å². The van der Waals surface area contributed by atoms with Crippen molar-refractivity contribution in [2.45, 2.75) is 71.6 Å². The Kier molecular flexibility index (Phi) is 4.61. The van der Waals surface area contributed by atoms with Gasteiger partial charge >= 0.3 is 0 Å². The van der Waals surface area contributed by atoms with Gasteiger partial charge in [-0.25, -0.2) is 0 Å². The number of rotatable bonds is 2. The first-order valence-corrected chi connectivity index (χ1v) is 8.78. The van der Waals surface area contributed by atoms with Crippen LogP contribution in [-0.4, -0.2) is 5.11 Å². The van der Waals surface area contributed by atoms with Crippen molar-refractivity contribution in [3.05, 3.63) is 64.7 Å². The van der Waals surface area contributed by atoms with Crippen molar-refractivity contribution in [1.29, 1.82) is 0 Å². The van der Waals surface area contributed by atoms with Crippen molar-refractivity contribution in [2.75, 3.05) is 0 Å². The standard InChI is InChI=1S/C23H32O/c1-21(2,3)16-10-9-11-17(14-16)23(7,8)18-12-13-20(24)19(15-18)22(4,5)6/h9-15,24H,1-8H3. The molecule has 0 saturated heterocycles. The Bertz CT molecular complexity index is 724. The monoisotopic (exact) mass is 324 g/mol. The van der Waals surface area contributed by atoms with Crippen LogP contribution in [0.4, 0.5) is 0 Å². The Morgan fingerprint density at radius 1 is 0.625 bits per heavy atom. The van der Waals surface area contributed by atoms with Gasteiger partial charge in [0.1, 0.15) is 5.75 Å². The summed E-state index contributed by atoms with van der Waals surface area (Å²) in [6, 6.07) is 14.9. The third kappa shape index (κ3) is 3.66. The lowest BCUT2D eigenvalue weighted by molar-refractivity contribution is 0.445. The zero-order valence-corrected chi connectivity index (χ0v) is 16.5. The number of aromatic hydroxyl groups is 1. The average molecular weight is 325 g/mol. The van der Waals surface area contributed by atoms with Gasteiger partial charge in [0.25, 0.3) is 0 Å². The van der Waals surface area contributed by atoms with Gasteiger partial charge in [-0.05, 0) is 39.2 Å². The van der Waals surface area contributed by atoms with Crippen LogP contribution in [0.5, 0.6) is 5.75 Å².